The van der Waals surface area contributed by atoms with Gasteiger partial charge in [-0.2, -0.15) is 0 Å². The van der Waals surface area contributed by atoms with Crippen molar-refractivity contribution in [3.8, 4) is 11.5 Å². The van der Waals surface area contributed by atoms with E-state index in [1.165, 1.54) is 25.7 Å². The van der Waals surface area contributed by atoms with E-state index in [2.05, 4.69) is 5.32 Å². The fraction of sp³-hybridized carbons (Fsp3) is 0.579. The van der Waals surface area contributed by atoms with Gasteiger partial charge in [-0.1, -0.05) is 25.7 Å². The number of anilines is 1. The summed E-state index contributed by atoms with van der Waals surface area (Å²) in [4.78, 5) is 24.1. The molecule has 0 aromatic heterocycles. The highest BCUT2D eigenvalue weighted by Crippen LogP contribution is 2.32. The Hall–Kier alpha value is -2.24. The second kappa shape index (κ2) is 8.23. The highest BCUT2D eigenvalue weighted by Gasteiger charge is 2.21. The molecule has 6 nitrogen and oxygen atoms in total. The maximum Gasteiger partial charge on any atom is 0.306 e. The first-order valence-electron chi connectivity index (χ1n) is 9.02. The second-order valence-electron chi connectivity index (χ2n) is 6.67. The van der Waals surface area contributed by atoms with Crippen molar-refractivity contribution < 1.29 is 23.8 Å². The molecule has 1 amide bonds. The summed E-state index contributed by atoms with van der Waals surface area (Å²) in [7, 11) is 0. The Balaban J connectivity index is 1.46. The molecule has 1 aromatic rings. The monoisotopic (exact) mass is 347 g/mol. The lowest BCUT2D eigenvalue weighted by atomic mass is 10.0. The number of rotatable bonds is 6. The quantitative estimate of drug-likeness (QED) is 0.799. The summed E-state index contributed by atoms with van der Waals surface area (Å²) in [6.45, 7) is 2.59. The molecule has 1 heterocycles. The molecule has 1 saturated carbocycles. The van der Waals surface area contributed by atoms with Gasteiger partial charge in [0.1, 0.15) is 13.2 Å². The summed E-state index contributed by atoms with van der Waals surface area (Å²) in [6, 6.07) is 5.20. The lowest BCUT2D eigenvalue weighted by Gasteiger charge is -2.19. The minimum atomic E-state index is -0.829. The molecular weight excluding hydrogens is 322 g/mol. The SMILES string of the molecule is CC(OC(=O)CCC1CCCC1)C(=O)Nc1ccc2c(c1)OCCO2. The van der Waals surface area contributed by atoms with Crippen LogP contribution in [0.2, 0.25) is 0 Å². The Kier molecular flexibility index (Phi) is 5.79. The van der Waals surface area contributed by atoms with E-state index in [1.54, 1.807) is 25.1 Å². The number of benzene rings is 1. The van der Waals surface area contributed by atoms with Gasteiger partial charge in [0.25, 0.3) is 5.91 Å². The summed E-state index contributed by atoms with van der Waals surface area (Å²) < 4.78 is 16.2. The molecule has 3 rings (SSSR count). The Morgan fingerprint density at radius 3 is 2.68 bits per heavy atom. The zero-order valence-electron chi connectivity index (χ0n) is 14.6. The Labute approximate surface area is 147 Å². The van der Waals surface area contributed by atoms with Crippen molar-refractivity contribution in [2.24, 2.45) is 5.92 Å². The second-order valence-corrected chi connectivity index (χ2v) is 6.67. The largest absolute Gasteiger partial charge is 0.486 e. The van der Waals surface area contributed by atoms with Crippen LogP contribution in [0.15, 0.2) is 18.2 Å². The van der Waals surface area contributed by atoms with Gasteiger partial charge in [-0.25, -0.2) is 0 Å². The standard InChI is InChI=1S/C19H25NO5/c1-13(25-18(21)9-6-14-4-2-3-5-14)19(22)20-15-7-8-16-17(12-15)24-11-10-23-16/h7-8,12-14H,2-6,9-11H2,1H3,(H,20,22). The molecule has 1 aliphatic carbocycles. The van der Waals surface area contributed by atoms with Gasteiger partial charge in [-0.05, 0) is 31.4 Å². The molecule has 1 unspecified atom stereocenters. The van der Waals surface area contributed by atoms with Crippen LogP contribution >= 0.6 is 0 Å². The number of esters is 1. The average molecular weight is 347 g/mol. The number of amides is 1. The molecule has 1 fully saturated rings. The van der Waals surface area contributed by atoms with E-state index in [0.29, 0.717) is 42.7 Å². The molecule has 1 N–H and O–H groups in total. The van der Waals surface area contributed by atoms with E-state index in [1.807, 2.05) is 0 Å². The molecular formula is C19H25NO5. The van der Waals surface area contributed by atoms with Crippen molar-refractivity contribution in [2.75, 3.05) is 18.5 Å². The third-order valence-corrected chi connectivity index (χ3v) is 4.72. The van der Waals surface area contributed by atoms with Gasteiger partial charge >= 0.3 is 5.97 Å². The Bertz CT molecular complexity index is 624. The topological polar surface area (TPSA) is 73.9 Å². The summed E-state index contributed by atoms with van der Waals surface area (Å²) in [5, 5.41) is 2.74. The number of nitrogens with one attached hydrogen (secondary N) is 1. The minimum Gasteiger partial charge on any atom is -0.486 e. The first-order chi connectivity index (χ1) is 12.1. The van der Waals surface area contributed by atoms with Crippen LogP contribution in [-0.4, -0.2) is 31.2 Å². The fourth-order valence-corrected chi connectivity index (χ4v) is 3.30. The van der Waals surface area contributed by atoms with Crippen LogP contribution < -0.4 is 14.8 Å². The lowest BCUT2D eigenvalue weighted by Crippen LogP contribution is -2.30. The van der Waals surface area contributed by atoms with E-state index in [4.69, 9.17) is 14.2 Å². The van der Waals surface area contributed by atoms with Crippen molar-refractivity contribution in [3.63, 3.8) is 0 Å². The normalized spacial score (nSPS) is 17.8. The van der Waals surface area contributed by atoms with Crippen molar-refractivity contribution in [3.05, 3.63) is 18.2 Å². The summed E-state index contributed by atoms with van der Waals surface area (Å²) in [5.74, 6) is 1.23. The number of fused-ring (bicyclic) bond motifs is 1. The fourth-order valence-electron chi connectivity index (χ4n) is 3.30. The summed E-state index contributed by atoms with van der Waals surface area (Å²) in [6.07, 6.45) is 5.33. The molecule has 1 aliphatic heterocycles. The third-order valence-electron chi connectivity index (χ3n) is 4.72. The van der Waals surface area contributed by atoms with Gasteiger partial charge in [-0.15, -0.1) is 0 Å². The van der Waals surface area contributed by atoms with Crippen molar-refractivity contribution in [1.82, 2.24) is 0 Å². The van der Waals surface area contributed by atoms with E-state index in [-0.39, 0.29) is 11.9 Å². The number of carbonyl (C=O) groups is 2. The Morgan fingerprint density at radius 1 is 1.20 bits per heavy atom. The van der Waals surface area contributed by atoms with E-state index in [0.717, 1.165) is 6.42 Å². The summed E-state index contributed by atoms with van der Waals surface area (Å²) >= 11 is 0. The van der Waals surface area contributed by atoms with Crippen LogP contribution in [0.3, 0.4) is 0 Å². The van der Waals surface area contributed by atoms with Gasteiger partial charge in [0.2, 0.25) is 0 Å². The highest BCUT2D eigenvalue weighted by molar-refractivity contribution is 5.95. The molecule has 2 aliphatic rings. The number of carbonyl (C=O) groups excluding carboxylic acids is 2. The first-order valence-corrected chi connectivity index (χ1v) is 9.02. The zero-order valence-corrected chi connectivity index (χ0v) is 14.6. The van der Waals surface area contributed by atoms with Gasteiger partial charge < -0.3 is 19.5 Å². The predicted molar refractivity (Wildman–Crippen MR) is 92.8 cm³/mol. The van der Waals surface area contributed by atoms with Gasteiger partial charge in [-0.3, -0.25) is 9.59 Å². The predicted octanol–water partition coefficient (Wildman–Crippen LogP) is 3.30. The van der Waals surface area contributed by atoms with Gasteiger partial charge in [0.05, 0.1) is 0 Å². The number of hydrogen-bond donors (Lipinski definition) is 1. The van der Waals surface area contributed by atoms with Crippen molar-refractivity contribution >= 4 is 17.6 Å². The molecule has 6 heteroatoms. The van der Waals surface area contributed by atoms with Gasteiger partial charge in [0, 0.05) is 18.2 Å². The smallest absolute Gasteiger partial charge is 0.306 e. The molecule has 0 bridgehead atoms. The molecule has 1 aromatic carbocycles. The van der Waals surface area contributed by atoms with E-state index in [9.17, 15) is 9.59 Å². The van der Waals surface area contributed by atoms with E-state index < -0.39 is 6.10 Å². The maximum absolute atomic E-state index is 12.2. The number of ether oxygens (including phenoxy) is 3. The minimum absolute atomic E-state index is 0.309. The van der Waals surface area contributed by atoms with Crippen LogP contribution in [0.5, 0.6) is 11.5 Å². The van der Waals surface area contributed by atoms with Crippen LogP contribution in [0.4, 0.5) is 5.69 Å². The van der Waals surface area contributed by atoms with Crippen molar-refractivity contribution in [2.45, 2.75) is 51.6 Å². The van der Waals surface area contributed by atoms with Crippen LogP contribution in [0, 0.1) is 5.92 Å². The zero-order chi connectivity index (χ0) is 17.6. The Morgan fingerprint density at radius 2 is 1.92 bits per heavy atom. The molecule has 0 spiro atoms. The molecule has 0 saturated heterocycles. The van der Waals surface area contributed by atoms with E-state index >= 15 is 0 Å². The van der Waals surface area contributed by atoms with Crippen LogP contribution in [0.1, 0.15) is 45.4 Å². The third kappa shape index (κ3) is 4.87. The van der Waals surface area contributed by atoms with Crippen molar-refractivity contribution in [1.29, 1.82) is 0 Å². The molecule has 1 atom stereocenters. The van der Waals surface area contributed by atoms with Gasteiger partial charge in [0.15, 0.2) is 17.6 Å². The molecule has 25 heavy (non-hydrogen) atoms. The van der Waals surface area contributed by atoms with Crippen LogP contribution in [-0.2, 0) is 14.3 Å². The lowest BCUT2D eigenvalue weighted by molar-refractivity contribution is -0.153. The highest BCUT2D eigenvalue weighted by atomic mass is 16.6. The number of hydrogen-bond acceptors (Lipinski definition) is 5. The summed E-state index contributed by atoms with van der Waals surface area (Å²) in [5.41, 5.74) is 0.586. The average Bonchev–Trinajstić information content (AvgIpc) is 3.13. The molecule has 136 valence electrons. The molecule has 0 radical (unpaired) electrons. The van der Waals surface area contributed by atoms with Crippen LogP contribution in [0.25, 0.3) is 0 Å². The maximum atomic E-state index is 12.2. The first kappa shape index (κ1) is 17.6.